The lowest BCUT2D eigenvalue weighted by atomic mass is 10.0. The second-order valence-corrected chi connectivity index (χ2v) is 5.16. The Morgan fingerprint density at radius 2 is 2.19 bits per heavy atom. The summed E-state index contributed by atoms with van der Waals surface area (Å²) < 4.78 is 1.57. The van der Waals surface area contributed by atoms with E-state index in [4.69, 9.17) is 5.73 Å². The van der Waals surface area contributed by atoms with Gasteiger partial charge in [0.05, 0.1) is 12.7 Å². The smallest absolute Gasteiger partial charge is 0.273 e. The molecule has 0 aliphatic rings. The molecule has 0 bridgehead atoms. The van der Waals surface area contributed by atoms with Gasteiger partial charge in [-0.3, -0.25) is 9.48 Å². The van der Waals surface area contributed by atoms with Crippen molar-refractivity contribution in [2.24, 2.45) is 5.73 Å². The SMILES string of the molecule is Cc1ccccc1CC(C)NC(=O)c1cn(CCN)nn1. The zero-order valence-electron chi connectivity index (χ0n) is 12.4. The summed E-state index contributed by atoms with van der Waals surface area (Å²) in [5.41, 5.74) is 8.22. The third-order valence-electron chi connectivity index (χ3n) is 3.29. The highest BCUT2D eigenvalue weighted by Crippen LogP contribution is 2.09. The van der Waals surface area contributed by atoms with Crippen molar-refractivity contribution in [3.8, 4) is 0 Å². The fraction of sp³-hybridized carbons (Fsp3) is 0.400. The monoisotopic (exact) mass is 287 g/mol. The Hall–Kier alpha value is -2.21. The Morgan fingerprint density at radius 3 is 2.90 bits per heavy atom. The van der Waals surface area contributed by atoms with Gasteiger partial charge < -0.3 is 11.1 Å². The molecule has 0 spiro atoms. The second-order valence-electron chi connectivity index (χ2n) is 5.16. The van der Waals surface area contributed by atoms with Gasteiger partial charge in [-0.1, -0.05) is 29.5 Å². The summed E-state index contributed by atoms with van der Waals surface area (Å²) in [7, 11) is 0. The van der Waals surface area contributed by atoms with Crippen LogP contribution in [0.4, 0.5) is 0 Å². The first-order valence-electron chi connectivity index (χ1n) is 7.05. The van der Waals surface area contributed by atoms with Crippen LogP contribution in [0.3, 0.4) is 0 Å². The average molecular weight is 287 g/mol. The molecule has 1 heterocycles. The highest BCUT2D eigenvalue weighted by Gasteiger charge is 2.14. The quantitative estimate of drug-likeness (QED) is 0.826. The molecule has 112 valence electrons. The van der Waals surface area contributed by atoms with Crippen molar-refractivity contribution in [1.29, 1.82) is 0 Å². The molecular formula is C15H21N5O. The van der Waals surface area contributed by atoms with Crippen molar-refractivity contribution >= 4 is 5.91 Å². The Balaban J connectivity index is 1.94. The summed E-state index contributed by atoms with van der Waals surface area (Å²) in [6, 6.07) is 8.20. The van der Waals surface area contributed by atoms with E-state index >= 15 is 0 Å². The van der Waals surface area contributed by atoms with E-state index in [0.717, 1.165) is 6.42 Å². The first-order chi connectivity index (χ1) is 10.1. The van der Waals surface area contributed by atoms with E-state index in [9.17, 15) is 4.79 Å². The van der Waals surface area contributed by atoms with Gasteiger partial charge in [-0.05, 0) is 31.4 Å². The first-order valence-corrected chi connectivity index (χ1v) is 7.05. The van der Waals surface area contributed by atoms with Crippen molar-refractivity contribution in [2.45, 2.75) is 32.9 Å². The largest absolute Gasteiger partial charge is 0.348 e. The number of hydrogen-bond acceptors (Lipinski definition) is 4. The van der Waals surface area contributed by atoms with Crippen LogP contribution in [0.1, 0.15) is 28.5 Å². The average Bonchev–Trinajstić information content (AvgIpc) is 2.90. The van der Waals surface area contributed by atoms with Crippen molar-refractivity contribution in [2.75, 3.05) is 6.54 Å². The Labute approximate surface area is 124 Å². The number of amides is 1. The lowest BCUT2D eigenvalue weighted by Gasteiger charge is -2.14. The highest BCUT2D eigenvalue weighted by molar-refractivity contribution is 5.92. The number of aromatic nitrogens is 3. The molecule has 21 heavy (non-hydrogen) atoms. The van der Waals surface area contributed by atoms with Gasteiger partial charge in [-0.25, -0.2) is 0 Å². The number of hydrogen-bond donors (Lipinski definition) is 2. The Morgan fingerprint density at radius 1 is 1.43 bits per heavy atom. The van der Waals surface area contributed by atoms with Crippen LogP contribution in [-0.4, -0.2) is 33.5 Å². The molecule has 1 aromatic heterocycles. The van der Waals surface area contributed by atoms with Crippen LogP contribution in [0, 0.1) is 6.92 Å². The molecule has 1 atom stereocenters. The molecule has 2 rings (SSSR count). The van der Waals surface area contributed by atoms with Gasteiger partial charge in [0.1, 0.15) is 0 Å². The van der Waals surface area contributed by atoms with Crippen molar-refractivity contribution < 1.29 is 4.79 Å². The van der Waals surface area contributed by atoms with E-state index in [1.807, 2.05) is 19.1 Å². The summed E-state index contributed by atoms with van der Waals surface area (Å²) in [4.78, 5) is 12.1. The number of carbonyl (C=O) groups is 1. The topological polar surface area (TPSA) is 85.8 Å². The van der Waals surface area contributed by atoms with E-state index < -0.39 is 0 Å². The Kier molecular flexibility index (Phi) is 5.05. The van der Waals surface area contributed by atoms with E-state index in [1.54, 1.807) is 10.9 Å². The fourth-order valence-electron chi connectivity index (χ4n) is 2.16. The number of nitrogens with two attached hydrogens (primary N) is 1. The fourth-order valence-corrected chi connectivity index (χ4v) is 2.16. The van der Waals surface area contributed by atoms with Gasteiger partial charge in [-0.15, -0.1) is 5.10 Å². The molecule has 0 aliphatic heterocycles. The third-order valence-corrected chi connectivity index (χ3v) is 3.29. The zero-order valence-corrected chi connectivity index (χ0v) is 12.4. The molecule has 0 saturated carbocycles. The number of nitrogens with zero attached hydrogens (tertiary/aromatic N) is 3. The molecule has 0 saturated heterocycles. The minimum absolute atomic E-state index is 0.0262. The maximum atomic E-state index is 12.1. The first kappa shape index (κ1) is 15.2. The number of carbonyl (C=O) groups excluding carboxylic acids is 1. The molecule has 2 aromatic rings. The van der Waals surface area contributed by atoms with Crippen LogP contribution in [0.25, 0.3) is 0 Å². The molecule has 3 N–H and O–H groups in total. The van der Waals surface area contributed by atoms with Crippen LogP contribution in [-0.2, 0) is 13.0 Å². The maximum absolute atomic E-state index is 12.1. The van der Waals surface area contributed by atoms with E-state index in [0.29, 0.717) is 18.8 Å². The van der Waals surface area contributed by atoms with Crippen LogP contribution in [0.5, 0.6) is 0 Å². The number of benzene rings is 1. The predicted molar refractivity (Wildman–Crippen MR) is 80.9 cm³/mol. The molecule has 6 nitrogen and oxygen atoms in total. The second kappa shape index (κ2) is 6.99. The van der Waals surface area contributed by atoms with Gasteiger partial charge >= 0.3 is 0 Å². The lowest BCUT2D eigenvalue weighted by molar-refractivity contribution is 0.0935. The minimum atomic E-state index is -0.209. The normalized spacial score (nSPS) is 12.1. The third kappa shape index (κ3) is 4.13. The molecule has 0 fully saturated rings. The van der Waals surface area contributed by atoms with Crippen LogP contribution in [0.2, 0.25) is 0 Å². The molecule has 6 heteroatoms. The van der Waals surface area contributed by atoms with Gasteiger partial charge in [0.25, 0.3) is 5.91 Å². The van der Waals surface area contributed by atoms with Gasteiger partial charge in [0, 0.05) is 12.6 Å². The van der Waals surface area contributed by atoms with E-state index in [2.05, 4.69) is 34.7 Å². The van der Waals surface area contributed by atoms with Crippen molar-refractivity contribution in [1.82, 2.24) is 20.3 Å². The van der Waals surface area contributed by atoms with Crippen molar-refractivity contribution in [3.05, 3.63) is 47.3 Å². The standard InChI is InChI=1S/C15H21N5O/c1-11-5-3-4-6-13(11)9-12(2)17-15(21)14-10-20(8-7-16)19-18-14/h3-6,10,12H,7-9,16H2,1-2H3,(H,17,21). The molecule has 1 aromatic carbocycles. The van der Waals surface area contributed by atoms with Crippen LogP contribution in [0.15, 0.2) is 30.5 Å². The summed E-state index contributed by atoms with van der Waals surface area (Å²) in [6.07, 6.45) is 2.40. The number of nitrogens with one attached hydrogen (secondary N) is 1. The molecule has 0 aliphatic carbocycles. The molecular weight excluding hydrogens is 266 g/mol. The van der Waals surface area contributed by atoms with Crippen LogP contribution < -0.4 is 11.1 Å². The summed E-state index contributed by atoms with van der Waals surface area (Å²) >= 11 is 0. The number of rotatable bonds is 6. The lowest BCUT2D eigenvalue weighted by Crippen LogP contribution is -2.34. The van der Waals surface area contributed by atoms with Crippen molar-refractivity contribution in [3.63, 3.8) is 0 Å². The Bertz CT molecular complexity index is 608. The number of aryl methyl sites for hydroxylation is 1. The molecule has 1 amide bonds. The summed E-state index contributed by atoms with van der Waals surface area (Å²) in [5.74, 6) is -0.209. The zero-order chi connectivity index (χ0) is 15.2. The van der Waals surface area contributed by atoms with Gasteiger partial charge in [-0.2, -0.15) is 0 Å². The van der Waals surface area contributed by atoms with Crippen LogP contribution >= 0.6 is 0 Å². The maximum Gasteiger partial charge on any atom is 0.273 e. The summed E-state index contributed by atoms with van der Waals surface area (Å²) in [5, 5.41) is 10.7. The van der Waals surface area contributed by atoms with Gasteiger partial charge in [0.15, 0.2) is 5.69 Å². The van der Waals surface area contributed by atoms with E-state index in [1.165, 1.54) is 11.1 Å². The minimum Gasteiger partial charge on any atom is -0.348 e. The van der Waals surface area contributed by atoms with Gasteiger partial charge in [0.2, 0.25) is 0 Å². The predicted octanol–water partition coefficient (Wildman–Crippen LogP) is 0.906. The van der Waals surface area contributed by atoms with E-state index in [-0.39, 0.29) is 11.9 Å². The highest BCUT2D eigenvalue weighted by atomic mass is 16.2. The molecule has 1 unspecified atom stereocenters. The molecule has 0 radical (unpaired) electrons. The summed E-state index contributed by atoms with van der Waals surface area (Å²) in [6.45, 7) is 5.07.